The molecule has 0 aromatic heterocycles. The summed E-state index contributed by atoms with van der Waals surface area (Å²) in [4.78, 5) is 28.1. The third kappa shape index (κ3) is 3.35. The maximum absolute atomic E-state index is 13.5. The number of nitrogens with one attached hydrogen (secondary N) is 1. The molecule has 0 aliphatic carbocycles. The molecular weight excluding hydrogens is 376 g/mol. The molecular formula is C25H22N2O3. The highest BCUT2D eigenvalue weighted by Crippen LogP contribution is 2.37. The molecule has 1 aliphatic rings. The third-order valence-electron chi connectivity index (χ3n) is 5.25. The molecule has 0 atom stereocenters. The van der Waals surface area contributed by atoms with Gasteiger partial charge in [0.15, 0.2) is 0 Å². The molecule has 0 unspecified atom stereocenters. The van der Waals surface area contributed by atoms with E-state index in [1.165, 1.54) is 12.0 Å². The van der Waals surface area contributed by atoms with Crippen LogP contribution < -0.4 is 15.0 Å². The van der Waals surface area contributed by atoms with Gasteiger partial charge in [-0.05, 0) is 54.8 Å². The molecule has 30 heavy (non-hydrogen) atoms. The number of amides is 2. The van der Waals surface area contributed by atoms with Gasteiger partial charge in [0.25, 0.3) is 11.8 Å². The Labute approximate surface area is 175 Å². The smallest absolute Gasteiger partial charge is 0.282 e. The minimum absolute atomic E-state index is 0.250. The molecule has 3 aromatic carbocycles. The number of carbonyl (C=O) groups is 2. The summed E-state index contributed by atoms with van der Waals surface area (Å²) in [6, 6.07) is 22.1. The van der Waals surface area contributed by atoms with Gasteiger partial charge < -0.3 is 10.1 Å². The van der Waals surface area contributed by atoms with Crippen molar-refractivity contribution in [3.05, 3.63) is 95.2 Å². The average molecular weight is 398 g/mol. The number of benzene rings is 3. The van der Waals surface area contributed by atoms with Crippen molar-refractivity contribution in [3.8, 4) is 5.75 Å². The van der Waals surface area contributed by atoms with Crippen LogP contribution in [0.3, 0.4) is 0 Å². The summed E-state index contributed by atoms with van der Waals surface area (Å²) in [5, 5.41) is 3.20. The summed E-state index contributed by atoms with van der Waals surface area (Å²) >= 11 is 0. The first kappa shape index (κ1) is 19.5. The number of imide groups is 1. The Morgan fingerprint density at radius 1 is 0.800 bits per heavy atom. The maximum Gasteiger partial charge on any atom is 0.282 e. The quantitative estimate of drug-likeness (QED) is 0.633. The van der Waals surface area contributed by atoms with Crippen LogP contribution in [0.15, 0.2) is 78.5 Å². The standard InChI is InChI=1S/C25H22N2O3/c1-16-13-14-19(15-17(16)2)26-23-22(18-9-5-4-6-10-18)24(28)27(25(23)29)20-11-7-8-12-21(20)30-3/h4-15,26H,1-3H3. The second kappa shape index (κ2) is 7.87. The highest BCUT2D eigenvalue weighted by Gasteiger charge is 2.41. The van der Waals surface area contributed by atoms with Gasteiger partial charge in [-0.25, -0.2) is 4.90 Å². The fourth-order valence-corrected chi connectivity index (χ4v) is 3.52. The van der Waals surface area contributed by atoms with Crippen LogP contribution in [0.25, 0.3) is 5.57 Å². The Bertz CT molecular complexity index is 1170. The number of carbonyl (C=O) groups excluding carboxylic acids is 2. The van der Waals surface area contributed by atoms with Gasteiger partial charge in [0, 0.05) is 5.69 Å². The van der Waals surface area contributed by atoms with E-state index in [0.717, 1.165) is 16.8 Å². The second-order valence-corrected chi connectivity index (χ2v) is 7.16. The molecule has 5 nitrogen and oxygen atoms in total. The van der Waals surface area contributed by atoms with Crippen LogP contribution in [0.4, 0.5) is 11.4 Å². The fourth-order valence-electron chi connectivity index (χ4n) is 3.52. The Morgan fingerprint density at radius 2 is 1.50 bits per heavy atom. The largest absolute Gasteiger partial charge is 0.495 e. The van der Waals surface area contributed by atoms with E-state index in [1.54, 1.807) is 24.3 Å². The molecule has 5 heteroatoms. The van der Waals surface area contributed by atoms with Gasteiger partial charge in [0.1, 0.15) is 11.4 Å². The molecule has 0 spiro atoms. The van der Waals surface area contributed by atoms with E-state index in [0.29, 0.717) is 22.6 Å². The van der Waals surface area contributed by atoms with E-state index < -0.39 is 5.91 Å². The van der Waals surface area contributed by atoms with Gasteiger partial charge in [0.2, 0.25) is 0 Å². The maximum atomic E-state index is 13.5. The fraction of sp³-hybridized carbons (Fsp3) is 0.120. The van der Waals surface area contributed by atoms with Crippen molar-refractivity contribution in [2.45, 2.75) is 13.8 Å². The van der Waals surface area contributed by atoms with Crippen LogP contribution in [0, 0.1) is 13.8 Å². The van der Waals surface area contributed by atoms with Gasteiger partial charge in [0.05, 0.1) is 18.4 Å². The van der Waals surface area contributed by atoms with E-state index in [-0.39, 0.29) is 11.6 Å². The average Bonchev–Trinajstić information content (AvgIpc) is 3.00. The lowest BCUT2D eigenvalue weighted by Crippen LogP contribution is -2.32. The Balaban J connectivity index is 1.84. The third-order valence-corrected chi connectivity index (χ3v) is 5.25. The number of aryl methyl sites for hydroxylation is 2. The molecule has 0 fully saturated rings. The van der Waals surface area contributed by atoms with Gasteiger partial charge in [-0.3, -0.25) is 9.59 Å². The number of ether oxygens (including phenoxy) is 1. The van der Waals surface area contributed by atoms with Crippen molar-refractivity contribution in [2.75, 3.05) is 17.3 Å². The molecule has 1 N–H and O–H groups in total. The monoisotopic (exact) mass is 398 g/mol. The number of hydrogen-bond acceptors (Lipinski definition) is 4. The van der Waals surface area contributed by atoms with Crippen molar-refractivity contribution in [2.24, 2.45) is 0 Å². The van der Waals surface area contributed by atoms with Crippen molar-refractivity contribution in [3.63, 3.8) is 0 Å². The molecule has 0 bridgehead atoms. The Hall–Kier alpha value is -3.86. The van der Waals surface area contributed by atoms with Crippen LogP contribution in [0.5, 0.6) is 5.75 Å². The summed E-state index contributed by atoms with van der Waals surface area (Å²) in [6.07, 6.45) is 0. The molecule has 1 heterocycles. The van der Waals surface area contributed by atoms with E-state index in [9.17, 15) is 9.59 Å². The topological polar surface area (TPSA) is 58.6 Å². The lowest BCUT2D eigenvalue weighted by molar-refractivity contribution is -0.120. The van der Waals surface area contributed by atoms with Crippen LogP contribution in [-0.2, 0) is 9.59 Å². The lowest BCUT2D eigenvalue weighted by atomic mass is 10.0. The van der Waals surface area contributed by atoms with Gasteiger partial charge in [-0.15, -0.1) is 0 Å². The minimum atomic E-state index is -0.415. The molecule has 150 valence electrons. The predicted molar refractivity (Wildman–Crippen MR) is 118 cm³/mol. The van der Waals surface area contributed by atoms with Crippen LogP contribution >= 0.6 is 0 Å². The van der Waals surface area contributed by atoms with E-state index in [2.05, 4.69) is 5.32 Å². The predicted octanol–water partition coefficient (Wildman–Crippen LogP) is 4.71. The number of nitrogens with zero attached hydrogens (tertiary/aromatic N) is 1. The Kier molecular flexibility index (Phi) is 5.11. The van der Waals surface area contributed by atoms with Crippen molar-refractivity contribution in [1.29, 1.82) is 0 Å². The van der Waals surface area contributed by atoms with Crippen LogP contribution in [-0.4, -0.2) is 18.9 Å². The molecule has 0 radical (unpaired) electrons. The van der Waals surface area contributed by atoms with E-state index in [1.807, 2.05) is 62.4 Å². The molecule has 0 saturated carbocycles. The SMILES string of the molecule is COc1ccccc1N1C(=O)C(Nc2ccc(C)c(C)c2)=C(c2ccccc2)C1=O. The molecule has 1 aliphatic heterocycles. The first-order valence-electron chi connectivity index (χ1n) is 9.67. The zero-order valence-corrected chi connectivity index (χ0v) is 17.1. The lowest BCUT2D eigenvalue weighted by Gasteiger charge is -2.18. The van der Waals surface area contributed by atoms with Crippen molar-refractivity contribution >= 4 is 28.8 Å². The number of methoxy groups -OCH3 is 1. The summed E-state index contributed by atoms with van der Waals surface area (Å²) in [5.41, 5.74) is 4.69. The molecule has 0 saturated heterocycles. The summed E-state index contributed by atoms with van der Waals surface area (Å²) in [7, 11) is 1.52. The van der Waals surface area contributed by atoms with Crippen LogP contribution in [0.2, 0.25) is 0 Å². The van der Waals surface area contributed by atoms with Crippen molar-refractivity contribution in [1.82, 2.24) is 0 Å². The molecule has 3 aromatic rings. The van der Waals surface area contributed by atoms with Crippen LogP contribution in [0.1, 0.15) is 16.7 Å². The molecule has 2 amide bonds. The van der Waals surface area contributed by atoms with Gasteiger partial charge in [-0.2, -0.15) is 0 Å². The summed E-state index contributed by atoms with van der Waals surface area (Å²) in [5.74, 6) is -0.345. The van der Waals surface area contributed by atoms with Crippen molar-refractivity contribution < 1.29 is 14.3 Å². The first-order chi connectivity index (χ1) is 14.5. The summed E-state index contributed by atoms with van der Waals surface area (Å²) < 4.78 is 5.39. The zero-order valence-electron chi connectivity index (χ0n) is 17.1. The minimum Gasteiger partial charge on any atom is -0.495 e. The molecule has 4 rings (SSSR count). The van der Waals surface area contributed by atoms with E-state index >= 15 is 0 Å². The first-order valence-corrected chi connectivity index (χ1v) is 9.67. The van der Waals surface area contributed by atoms with E-state index in [4.69, 9.17) is 4.74 Å². The second-order valence-electron chi connectivity index (χ2n) is 7.16. The number of para-hydroxylation sites is 2. The van der Waals surface area contributed by atoms with Gasteiger partial charge >= 0.3 is 0 Å². The number of hydrogen-bond donors (Lipinski definition) is 1. The highest BCUT2D eigenvalue weighted by atomic mass is 16.5. The highest BCUT2D eigenvalue weighted by molar-refractivity contribution is 6.46. The summed E-state index contributed by atoms with van der Waals surface area (Å²) in [6.45, 7) is 4.04. The number of rotatable bonds is 5. The number of anilines is 2. The van der Waals surface area contributed by atoms with Gasteiger partial charge in [-0.1, -0.05) is 48.5 Å². The normalized spacial score (nSPS) is 13.8. The Morgan fingerprint density at radius 3 is 2.20 bits per heavy atom. The zero-order chi connectivity index (χ0) is 21.3.